The Kier molecular flexibility index (Phi) is 5.48. The van der Waals surface area contributed by atoms with E-state index in [9.17, 15) is 4.79 Å². The highest BCUT2D eigenvalue weighted by Crippen LogP contribution is 2.23. The van der Waals surface area contributed by atoms with Gasteiger partial charge >= 0.3 is 0 Å². The van der Waals surface area contributed by atoms with Crippen LogP contribution in [0.4, 0.5) is 11.5 Å². The van der Waals surface area contributed by atoms with Crippen LogP contribution in [0.3, 0.4) is 0 Å². The Hall–Kier alpha value is -1.92. The number of rotatable bonds is 5. The number of ether oxygens (including phenoxy) is 1. The summed E-state index contributed by atoms with van der Waals surface area (Å²) in [5.74, 6) is 0.536. The van der Waals surface area contributed by atoms with E-state index in [0.717, 1.165) is 35.2 Å². The van der Waals surface area contributed by atoms with Gasteiger partial charge in [-0.25, -0.2) is 4.98 Å². The van der Waals surface area contributed by atoms with E-state index in [0.29, 0.717) is 17.9 Å². The number of benzene rings is 1. The first-order valence-corrected chi connectivity index (χ1v) is 8.80. The van der Waals surface area contributed by atoms with E-state index < -0.39 is 0 Å². The molecule has 126 valence electrons. The Morgan fingerprint density at radius 2 is 2.25 bits per heavy atom. The molecule has 3 rings (SSSR count). The lowest BCUT2D eigenvalue weighted by Gasteiger charge is -2.12. The van der Waals surface area contributed by atoms with Crippen LogP contribution in [0.2, 0.25) is 0 Å². The highest BCUT2D eigenvalue weighted by atomic mass is 79.9. The average molecular weight is 390 g/mol. The number of halogens is 1. The molecular formula is C18H20BrN3O2. The van der Waals surface area contributed by atoms with Crippen LogP contribution in [0.5, 0.6) is 0 Å². The molecule has 1 atom stereocenters. The first-order valence-electron chi connectivity index (χ1n) is 8.01. The zero-order chi connectivity index (χ0) is 16.9. The number of anilines is 2. The van der Waals surface area contributed by atoms with Gasteiger partial charge < -0.3 is 15.4 Å². The average Bonchev–Trinajstić information content (AvgIpc) is 3.09. The monoisotopic (exact) mass is 389 g/mol. The van der Waals surface area contributed by atoms with Crippen LogP contribution in [0.25, 0.3) is 0 Å². The molecule has 0 spiro atoms. The molecule has 6 heteroatoms. The fourth-order valence-electron chi connectivity index (χ4n) is 2.66. The number of nitrogens with zero attached hydrogens (tertiary/aromatic N) is 1. The number of aromatic nitrogens is 1. The standard InChI is InChI=1S/C18H20BrN3O2/c1-12-9-14(19)4-5-16(12)22-17-10-13(6-7-20-17)18(23)21-11-15-3-2-8-24-15/h4-7,9-10,15H,2-3,8,11H2,1H3,(H,20,22)(H,21,23). The maximum absolute atomic E-state index is 12.3. The maximum atomic E-state index is 12.3. The van der Waals surface area contributed by atoms with Gasteiger partial charge in [-0.15, -0.1) is 0 Å². The molecule has 24 heavy (non-hydrogen) atoms. The van der Waals surface area contributed by atoms with Gasteiger partial charge in [0.05, 0.1) is 6.10 Å². The highest BCUT2D eigenvalue weighted by Gasteiger charge is 2.16. The van der Waals surface area contributed by atoms with Gasteiger partial charge in [-0.05, 0) is 55.7 Å². The second-order valence-corrected chi connectivity index (χ2v) is 6.77. The predicted molar refractivity (Wildman–Crippen MR) is 97.7 cm³/mol. The van der Waals surface area contributed by atoms with E-state index >= 15 is 0 Å². The summed E-state index contributed by atoms with van der Waals surface area (Å²) in [4.78, 5) is 16.6. The number of carbonyl (C=O) groups excluding carboxylic acids is 1. The van der Waals surface area contributed by atoms with E-state index in [1.54, 1.807) is 18.3 Å². The van der Waals surface area contributed by atoms with E-state index in [1.807, 2.05) is 25.1 Å². The second-order valence-electron chi connectivity index (χ2n) is 5.86. The number of nitrogens with one attached hydrogen (secondary N) is 2. The Balaban J connectivity index is 1.65. The van der Waals surface area contributed by atoms with Crippen molar-refractivity contribution in [3.63, 3.8) is 0 Å². The topological polar surface area (TPSA) is 63.2 Å². The number of aryl methyl sites for hydroxylation is 1. The van der Waals surface area contributed by atoms with Crippen molar-refractivity contribution < 1.29 is 9.53 Å². The summed E-state index contributed by atoms with van der Waals surface area (Å²) in [6.45, 7) is 3.36. The van der Waals surface area contributed by atoms with Crippen LogP contribution < -0.4 is 10.6 Å². The molecule has 5 nitrogen and oxygen atoms in total. The molecule has 1 fully saturated rings. The molecule has 2 heterocycles. The largest absolute Gasteiger partial charge is 0.376 e. The third-order valence-electron chi connectivity index (χ3n) is 3.99. The maximum Gasteiger partial charge on any atom is 0.251 e. The van der Waals surface area contributed by atoms with E-state index in [2.05, 4.69) is 31.5 Å². The van der Waals surface area contributed by atoms with Crippen molar-refractivity contribution >= 4 is 33.3 Å². The van der Waals surface area contributed by atoms with Crippen LogP contribution in [0, 0.1) is 6.92 Å². The first kappa shape index (κ1) is 16.9. The van der Waals surface area contributed by atoms with Crippen molar-refractivity contribution in [3.05, 3.63) is 52.1 Å². The fourth-order valence-corrected chi connectivity index (χ4v) is 3.13. The predicted octanol–water partition coefficient (Wildman–Crippen LogP) is 3.80. The molecule has 1 aromatic carbocycles. The third-order valence-corrected chi connectivity index (χ3v) is 4.48. The van der Waals surface area contributed by atoms with Gasteiger partial charge in [0.15, 0.2) is 0 Å². The molecule has 1 aliphatic heterocycles. The molecule has 1 amide bonds. The van der Waals surface area contributed by atoms with Crippen molar-refractivity contribution in [3.8, 4) is 0 Å². The molecule has 1 unspecified atom stereocenters. The van der Waals surface area contributed by atoms with Crippen molar-refractivity contribution in [2.45, 2.75) is 25.9 Å². The summed E-state index contributed by atoms with van der Waals surface area (Å²) in [6.07, 6.45) is 3.85. The minimum Gasteiger partial charge on any atom is -0.376 e. The van der Waals surface area contributed by atoms with Crippen molar-refractivity contribution in [1.29, 1.82) is 0 Å². The van der Waals surface area contributed by atoms with Crippen LogP contribution in [-0.4, -0.2) is 30.1 Å². The molecule has 0 aliphatic carbocycles. The summed E-state index contributed by atoms with van der Waals surface area (Å²) in [6, 6.07) is 9.44. The zero-order valence-electron chi connectivity index (χ0n) is 13.5. The summed E-state index contributed by atoms with van der Waals surface area (Å²) >= 11 is 3.45. The number of hydrogen-bond acceptors (Lipinski definition) is 4. The normalized spacial score (nSPS) is 16.8. The Labute approximate surface area is 149 Å². The number of hydrogen-bond donors (Lipinski definition) is 2. The number of amides is 1. The minimum atomic E-state index is -0.108. The van der Waals surface area contributed by atoms with E-state index in [-0.39, 0.29) is 12.0 Å². The molecule has 1 aliphatic rings. The molecule has 2 N–H and O–H groups in total. The molecule has 0 saturated carbocycles. The van der Waals surface area contributed by atoms with E-state index in [4.69, 9.17) is 4.74 Å². The Bertz CT molecular complexity index is 730. The summed E-state index contributed by atoms with van der Waals surface area (Å²) in [7, 11) is 0. The fraction of sp³-hybridized carbons (Fsp3) is 0.333. The molecule has 1 saturated heterocycles. The van der Waals surface area contributed by atoms with Crippen molar-refractivity contribution in [2.24, 2.45) is 0 Å². The first-order chi connectivity index (χ1) is 11.6. The Morgan fingerprint density at radius 1 is 1.38 bits per heavy atom. The Morgan fingerprint density at radius 3 is 3.00 bits per heavy atom. The van der Waals surface area contributed by atoms with Gasteiger partial charge in [-0.1, -0.05) is 15.9 Å². The van der Waals surface area contributed by atoms with Gasteiger partial charge in [0.1, 0.15) is 5.82 Å². The molecule has 2 aromatic rings. The van der Waals surface area contributed by atoms with Gasteiger partial charge in [0.25, 0.3) is 5.91 Å². The molecule has 0 radical (unpaired) electrons. The lowest BCUT2D eigenvalue weighted by Crippen LogP contribution is -2.31. The number of carbonyl (C=O) groups is 1. The summed E-state index contributed by atoms with van der Waals surface area (Å²) in [5.41, 5.74) is 2.64. The van der Waals surface area contributed by atoms with Crippen LogP contribution >= 0.6 is 15.9 Å². The smallest absolute Gasteiger partial charge is 0.251 e. The lowest BCUT2D eigenvalue weighted by molar-refractivity contribution is 0.0857. The van der Waals surface area contributed by atoms with Gasteiger partial charge in [0.2, 0.25) is 0 Å². The van der Waals surface area contributed by atoms with Gasteiger partial charge in [0, 0.05) is 35.1 Å². The SMILES string of the molecule is Cc1cc(Br)ccc1Nc1cc(C(=O)NCC2CCCO2)ccn1. The summed E-state index contributed by atoms with van der Waals surface area (Å²) in [5, 5.41) is 6.18. The number of pyridine rings is 1. The van der Waals surface area contributed by atoms with Crippen LogP contribution in [0.1, 0.15) is 28.8 Å². The molecular weight excluding hydrogens is 370 g/mol. The van der Waals surface area contributed by atoms with Crippen LogP contribution in [0.15, 0.2) is 41.0 Å². The van der Waals surface area contributed by atoms with Gasteiger partial charge in [-0.2, -0.15) is 0 Å². The van der Waals surface area contributed by atoms with Crippen LogP contribution in [-0.2, 0) is 4.74 Å². The zero-order valence-corrected chi connectivity index (χ0v) is 15.1. The molecule has 0 bridgehead atoms. The summed E-state index contributed by atoms with van der Waals surface area (Å²) < 4.78 is 6.55. The highest BCUT2D eigenvalue weighted by molar-refractivity contribution is 9.10. The van der Waals surface area contributed by atoms with Gasteiger partial charge in [-0.3, -0.25) is 4.79 Å². The third kappa shape index (κ3) is 4.33. The van der Waals surface area contributed by atoms with Crippen molar-refractivity contribution in [2.75, 3.05) is 18.5 Å². The van der Waals surface area contributed by atoms with Crippen molar-refractivity contribution in [1.82, 2.24) is 10.3 Å². The minimum absolute atomic E-state index is 0.108. The second kappa shape index (κ2) is 7.77. The quantitative estimate of drug-likeness (QED) is 0.815. The molecule has 1 aromatic heterocycles. The van der Waals surface area contributed by atoms with E-state index in [1.165, 1.54) is 0 Å². The lowest BCUT2D eigenvalue weighted by atomic mass is 10.2.